The van der Waals surface area contributed by atoms with Gasteiger partial charge in [0.25, 0.3) is 0 Å². The van der Waals surface area contributed by atoms with E-state index in [-0.39, 0.29) is 75.4 Å². The monoisotopic (exact) mass is 718 g/mol. The second-order valence-corrected chi connectivity index (χ2v) is 13.1. The van der Waals surface area contributed by atoms with Crippen molar-refractivity contribution in [3.05, 3.63) is 35.9 Å². The maximum absolute atomic E-state index is 13.0. The normalized spacial score (nSPS) is 20.8. The average Bonchev–Trinajstić information content (AvgIpc) is 3.39. The Morgan fingerprint density at radius 3 is 2.14 bits per heavy atom. The molecule has 0 spiro atoms. The van der Waals surface area contributed by atoms with Crippen LogP contribution in [0.1, 0.15) is 39.7 Å². The first-order valence-corrected chi connectivity index (χ1v) is 17.0. The van der Waals surface area contributed by atoms with E-state index in [1.165, 1.54) is 4.90 Å². The lowest BCUT2D eigenvalue weighted by atomic mass is 9.94. The summed E-state index contributed by atoms with van der Waals surface area (Å²) in [6.07, 6.45) is -1.40. The molecule has 2 saturated heterocycles. The van der Waals surface area contributed by atoms with E-state index in [2.05, 4.69) is 26.6 Å². The molecule has 0 saturated carbocycles. The summed E-state index contributed by atoms with van der Waals surface area (Å²) in [5, 5.41) is 22.8. The second-order valence-electron chi connectivity index (χ2n) is 13.1. The number of nitrogens with zero attached hydrogens (tertiary/aromatic N) is 1. The molecule has 1 aromatic rings. The van der Waals surface area contributed by atoms with E-state index in [4.69, 9.17) is 14.2 Å². The predicted molar refractivity (Wildman–Crippen MR) is 180 cm³/mol. The third-order valence-electron chi connectivity index (χ3n) is 8.46. The molecular formula is C34H50N6O11. The summed E-state index contributed by atoms with van der Waals surface area (Å²) < 4.78 is 16.3. The average molecular weight is 719 g/mol. The van der Waals surface area contributed by atoms with Gasteiger partial charge in [-0.3, -0.25) is 33.6 Å². The zero-order valence-corrected chi connectivity index (χ0v) is 29.5. The van der Waals surface area contributed by atoms with E-state index in [1.807, 2.05) is 13.8 Å². The van der Waals surface area contributed by atoms with E-state index >= 15 is 0 Å². The Morgan fingerprint density at radius 1 is 0.882 bits per heavy atom. The van der Waals surface area contributed by atoms with Gasteiger partial charge < -0.3 is 50.8 Å². The van der Waals surface area contributed by atoms with Crippen molar-refractivity contribution in [1.29, 1.82) is 0 Å². The van der Waals surface area contributed by atoms with Gasteiger partial charge in [-0.2, -0.15) is 0 Å². The molecule has 2 aliphatic rings. The van der Waals surface area contributed by atoms with Gasteiger partial charge in [-0.15, -0.1) is 0 Å². The van der Waals surface area contributed by atoms with Gasteiger partial charge >= 0.3 is 0 Å². The molecule has 6 amide bonds. The first-order chi connectivity index (χ1) is 24.2. The molecule has 6 N–H and O–H groups in total. The number of hydrogen-bond donors (Lipinski definition) is 6. The lowest BCUT2D eigenvalue weighted by Gasteiger charge is -2.33. The van der Waals surface area contributed by atoms with E-state index in [0.29, 0.717) is 0 Å². The molecule has 0 radical (unpaired) electrons. The molecule has 2 aliphatic heterocycles. The van der Waals surface area contributed by atoms with Crippen molar-refractivity contribution in [2.24, 2.45) is 23.7 Å². The molecule has 1 aromatic carbocycles. The van der Waals surface area contributed by atoms with Crippen LogP contribution in [0, 0.1) is 23.7 Å². The van der Waals surface area contributed by atoms with Gasteiger partial charge in [0.1, 0.15) is 25.6 Å². The third-order valence-corrected chi connectivity index (χ3v) is 8.46. The lowest BCUT2D eigenvalue weighted by Crippen LogP contribution is -2.52. The van der Waals surface area contributed by atoms with Gasteiger partial charge in [-0.1, -0.05) is 58.0 Å². The predicted octanol–water partition coefficient (Wildman–Crippen LogP) is -1.81. The van der Waals surface area contributed by atoms with E-state index in [9.17, 15) is 38.7 Å². The molecule has 282 valence electrons. The number of likely N-dealkylation sites (tertiary alicyclic amines) is 1. The fraction of sp³-hybridized carbons (Fsp3) is 0.618. The van der Waals surface area contributed by atoms with Gasteiger partial charge in [0.15, 0.2) is 12.1 Å². The highest BCUT2D eigenvalue weighted by Gasteiger charge is 2.42. The fourth-order valence-corrected chi connectivity index (χ4v) is 5.21. The molecular weight excluding hydrogens is 668 g/mol. The Morgan fingerprint density at radius 2 is 1.51 bits per heavy atom. The molecule has 3 atom stereocenters. The summed E-state index contributed by atoms with van der Waals surface area (Å²) in [7, 11) is 0. The maximum Gasteiger partial charge on any atom is 0.243 e. The van der Waals surface area contributed by atoms with Gasteiger partial charge in [-0.25, -0.2) is 0 Å². The Kier molecular flexibility index (Phi) is 16.4. The Hall–Kier alpha value is -4.45. The van der Waals surface area contributed by atoms with Gasteiger partial charge in [-0.05, 0) is 11.5 Å². The SMILES string of the molecule is CC(C)C(=O)COCNC(=O)CNC(=O)[C@H](Cc1ccccc1)NC(=O)CNC(=O)CNC(=O)C1COC(CN2C(=O)CC(C(C)C)C2O)OC1. The van der Waals surface area contributed by atoms with Crippen LogP contribution in [0.2, 0.25) is 0 Å². The number of Topliss-reactive ketones (excluding diaryl/α,β-unsaturated/α-hetero) is 1. The van der Waals surface area contributed by atoms with Crippen molar-refractivity contribution in [1.82, 2.24) is 31.5 Å². The van der Waals surface area contributed by atoms with E-state index in [0.717, 1.165) is 5.56 Å². The topological polar surface area (TPSA) is 231 Å². The van der Waals surface area contributed by atoms with Crippen LogP contribution < -0.4 is 26.6 Å². The zero-order chi connectivity index (χ0) is 37.5. The summed E-state index contributed by atoms with van der Waals surface area (Å²) in [5.41, 5.74) is 0.737. The van der Waals surface area contributed by atoms with Crippen LogP contribution in [0.3, 0.4) is 0 Å². The summed E-state index contributed by atoms with van der Waals surface area (Å²) in [6.45, 7) is 5.63. The quantitative estimate of drug-likeness (QED) is 0.0690. The second kappa shape index (κ2) is 20.4. The molecule has 51 heavy (non-hydrogen) atoms. The van der Waals surface area contributed by atoms with Gasteiger partial charge in [0.2, 0.25) is 35.4 Å². The maximum atomic E-state index is 13.0. The Balaban J connectivity index is 1.38. The minimum atomic E-state index is -1.08. The van der Waals surface area contributed by atoms with Crippen molar-refractivity contribution in [3.63, 3.8) is 0 Å². The highest BCUT2D eigenvalue weighted by molar-refractivity contribution is 5.93. The molecule has 3 rings (SSSR count). The van der Waals surface area contributed by atoms with Gasteiger partial charge in [0, 0.05) is 24.7 Å². The molecule has 17 nitrogen and oxygen atoms in total. The van der Waals surface area contributed by atoms with Crippen LogP contribution in [-0.2, 0) is 54.2 Å². The zero-order valence-electron chi connectivity index (χ0n) is 29.5. The van der Waals surface area contributed by atoms with Crippen LogP contribution in [0.15, 0.2) is 30.3 Å². The number of ether oxygens (including phenoxy) is 3. The van der Waals surface area contributed by atoms with Crippen LogP contribution in [0.5, 0.6) is 0 Å². The Labute approximate surface area is 296 Å². The number of carbonyl (C=O) groups excluding carboxylic acids is 7. The smallest absolute Gasteiger partial charge is 0.243 e. The van der Waals surface area contributed by atoms with Crippen LogP contribution >= 0.6 is 0 Å². The largest absolute Gasteiger partial charge is 0.373 e. The van der Waals surface area contributed by atoms with E-state index < -0.39 is 73.6 Å². The number of rotatable bonds is 19. The Bertz CT molecular complexity index is 1370. The molecule has 2 unspecified atom stereocenters. The number of aliphatic hydroxyl groups excluding tert-OH is 1. The minimum absolute atomic E-state index is 0.0220. The first kappa shape index (κ1) is 41.0. The van der Waals surface area contributed by atoms with Crippen LogP contribution in [0.25, 0.3) is 0 Å². The van der Waals surface area contributed by atoms with Crippen molar-refractivity contribution in [2.45, 2.75) is 59.1 Å². The molecule has 2 heterocycles. The lowest BCUT2D eigenvalue weighted by molar-refractivity contribution is -0.214. The van der Waals surface area contributed by atoms with Crippen molar-refractivity contribution >= 4 is 41.2 Å². The van der Waals surface area contributed by atoms with Crippen molar-refractivity contribution in [3.8, 4) is 0 Å². The standard InChI is InChI=1S/C34H50N6O11/c1-20(2)24-11-30(45)40(34(24)48)15-31-50-16-23(17-51-31)32(46)36-12-27(42)35-14-29(44)39-25(10-22-8-6-5-7-9-22)33(47)37-13-28(43)38-19-49-18-26(41)21(3)4/h5-9,20-21,23-25,31,34,48H,10-19H2,1-4H3,(H,35,42)(H,36,46)(H,37,47)(H,38,43)(H,39,44)/t23?,24?,25-,31?,34?/m0/s1. The molecule has 17 heteroatoms. The van der Waals surface area contributed by atoms with Crippen molar-refractivity contribution in [2.75, 3.05) is 52.7 Å². The highest BCUT2D eigenvalue weighted by atomic mass is 16.7. The number of benzene rings is 1. The molecule has 0 aliphatic carbocycles. The summed E-state index contributed by atoms with van der Waals surface area (Å²) in [5.74, 6) is -4.34. The number of ketones is 1. The number of amides is 6. The number of carbonyl (C=O) groups is 7. The highest BCUT2D eigenvalue weighted by Crippen LogP contribution is 2.30. The summed E-state index contributed by atoms with van der Waals surface area (Å²) in [4.78, 5) is 88.1. The molecule has 2 fully saturated rings. The van der Waals surface area contributed by atoms with Crippen LogP contribution in [-0.4, -0.2) is 123 Å². The van der Waals surface area contributed by atoms with Crippen LogP contribution in [0.4, 0.5) is 0 Å². The summed E-state index contributed by atoms with van der Waals surface area (Å²) in [6, 6.07) is 7.79. The van der Waals surface area contributed by atoms with Crippen molar-refractivity contribution < 1.29 is 52.9 Å². The van der Waals surface area contributed by atoms with Gasteiger partial charge in [0.05, 0.1) is 45.3 Å². The molecule has 0 bridgehead atoms. The van der Waals surface area contributed by atoms with E-state index in [1.54, 1.807) is 44.2 Å². The summed E-state index contributed by atoms with van der Waals surface area (Å²) >= 11 is 0. The first-order valence-electron chi connectivity index (χ1n) is 17.0. The fourth-order valence-electron chi connectivity index (χ4n) is 5.21. The number of nitrogens with one attached hydrogen (secondary N) is 5. The number of hydrogen-bond acceptors (Lipinski definition) is 11. The third kappa shape index (κ3) is 13.7. The minimum Gasteiger partial charge on any atom is -0.373 e. The number of aliphatic hydroxyl groups is 1. The molecule has 0 aromatic heterocycles.